The Labute approximate surface area is 67.0 Å². The van der Waals surface area contributed by atoms with Crippen molar-refractivity contribution in [3.63, 3.8) is 0 Å². The molecular formula is C7H12ClNO. The second kappa shape index (κ2) is 3.37. The molecule has 1 N–H and O–H groups in total. The van der Waals surface area contributed by atoms with E-state index in [2.05, 4.69) is 17.5 Å². The van der Waals surface area contributed by atoms with E-state index < -0.39 is 0 Å². The topological polar surface area (TPSA) is 21.3 Å². The van der Waals surface area contributed by atoms with Crippen molar-refractivity contribution in [2.45, 2.75) is 6.10 Å². The van der Waals surface area contributed by atoms with Gasteiger partial charge in [0.25, 0.3) is 0 Å². The summed E-state index contributed by atoms with van der Waals surface area (Å²) in [7, 11) is 0. The maximum atomic E-state index is 5.45. The lowest BCUT2D eigenvalue weighted by Crippen LogP contribution is -2.24. The summed E-state index contributed by atoms with van der Waals surface area (Å²) in [5, 5.41) is 3.29. The molecule has 2 rings (SSSR count). The standard InChI is InChI=1S/C7H11NO.ClH/c1-2-6-4-8-5-7(6)9-3-1;/h1-2,6-8H,3-5H2;1H/t6-,7+;/m1./s1. The Bertz CT molecular complexity index is 138. The van der Waals surface area contributed by atoms with Crippen LogP contribution in [0.3, 0.4) is 0 Å². The van der Waals surface area contributed by atoms with Gasteiger partial charge in [-0.25, -0.2) is 0 Å². The zero-order valence-electron chi connectivity index (χ0n) is 5.75. The minimum Gasteiger partial charge on any atom is -0.372 e. The Morgan fingerprint density at radius 1 is 1.40 bits per heavy atom. The minimum atomic E-state index is 0. The predicted molar refractivity (Wildman–Crippen MR) is 42.5 cm³/mol. The van der Waals surface area contributed by atoms with Crippen LogP contribution in [0.15, 0.2) is 12.2 Å². The van der Waals surface area contributed by atoms with E-state index in [9.17, 15) is 0 Å². The van der Waals surface area contributed by atoms with Crippen LogP contribution in [0.4, 0.5) is 0 Å². The quantitative estimate of drug-likeness (QED) is 0.525. The van der Waals surface area contributed by atoms with Gasteiger partial charge in [0.15, 0.2) is 0 Å². The normalized spacial score (nSPS) is 36.8. The van der Waals surface area contributed by atoms with Gasteiger partial charge in [-0.05, 0) is 0 Å². The number of hydrogen-bond acceptors (Lipinski definition) is 2. The van der Waals surface area contributed by atoms with E-state index >= 15 is 0 Å². The van der Waals surface area contributed by atoms with Gasteiger partial charge >= 0.3 is 0 Å². The van der Waals surface area contributed by atoms with Crippen LogP contribution < -0.4 is 5.32 Å². The summed E-state index contributed by atoms with van der Waals surface area (Å²) >= 11 is 0. The molecule has 3 heteroatoms. The molecular weight excluding hydrogens is 150 g/mol. The summed E-state index contributed by atoms with van der Waals surface area (Å²) in [6.45, 7) is 2.94. The van der Waals surface area contributed by atoms with Crippen molar-refractivity contribution >= 4 is 12.4 Å². The molecule has 0 radical (unpaired) electrons. The van der Waals surface area contributed by atoms with Crippen LogP contribution in [-0.4, -0.2) is 25.8 Å². The van der Waals surface area contributed by atoms with Crippen LogP contribution in [0.5, 0.6) is 0 Å². The van der Waals surface area contributed by atoms with Gasteiger partial charge in [0.1, 0.15) is 0 Å². The first kappa shape index (κ1) is 8.05. The molecule has 10 heavy (non-hydrogen) atoms. The van der Waals surface area contributed by atoms with E-state index in [0.29, 0.717) is 12.0 Å². The fourth-order valence-corrected chi connectivity index (χ4v) is 1.46. The second-order valence-electron chi connectivity index (χ2n) is 2.62. The highest BCUT2D eigenvalue weighted by Gasteiger charge is 2.26. The van der Waals surface area contributed by atoms with Crippen LogP contribution in [0.2, 0.25) is 0 Å². The molecule has 0 saturated carbocycles. The van der Waals surface area contributed by atoms with Gasteiger partial charge in [-0.3, -0.25) is 0 Å². The second-order valence-corrected chi connectivity index (χ2v) is 2.62. The first-order valence-corrected chi connectivity index (χ1v) is 3.46. The number of nitrogens with one attached hydrogen (secondary N) is 1. The molecule has 2 aliphatic rings. The molecule has 2 heterocycles. The molecule has 1 fully saturated rings. The van der Waals surface area contributed by atoms with Crippen molar-refractivity contribution in [3.8, 4) is 0 Å². The Kier molecular flexibility index (Phi) is 2.72. The van der Waals surface area contributed by atoms with Crippen LogP contribution >= 0.6 is 12.4 Å². The lowest BCUT2D eigenvalue weighted by Gasteiger charge is -2.18. The maximum absolute atomic E-state index is 5.45. The van der Waals surface area contributed by atoms with Gasteiger partial charge in [0.05, 0.1) is 12.7 Å². The fraction of sp³-hybridized carbons (Fsp3) is 0.714. The van der Waals surface area contributed by atoms with E-state index in [0.717, 1.165) is 19.7 Å². The summed E-state index contributed by atoms with van der Waals surface area (Å²) < 4.78 is 5.45. The van der Waals surface area contributed by atoms with E-state index in [1.807, 2.05) is 0 Å². The van der Waals surface area contributed by atoms with Crippen LogP contribution in [-0.2, 0) is 4.74 Å². The number of fused-ring (bicyclic) bond motifs is 1. The van der Waals surface area contributed by atoms with Crippen molar-refractivity contribution in [1.82, 2.24) is 5.32 Å². The average molecular weight is 162 g/mol. The molecule has 58 valence electrons. The zero-order valence-corrected chi connectivity index (χ0v) is 6.56. The molecule has 2 atom stereocenters. The molecule has 0 unspecified atom stereocenters. The van der Waals surface area contributed by atoms with Crippen LogP contribution in [0.25, 0.3) is 0 Å². The van der Waals surface area contributed by atoms with Gasteiger partial charge in [0.2, 0.25) is 0 Å². The molecule has 0 spiro atoms. The largest absolute Gasteiger partial charge is 0.372 e. The Hall–Kier alpha value is -0.0500. The van der Waals surface area contributed by atoms with E-state index in [-0.39, 0.29) is 12.4 Å². The molecule has 0 bridgehead atoms. The van der Waals surface area contributed by atoms with Crippen molar-refractivity contribution in [2.75, 3.05) is 19.7 Å². The highest BCUT2D eigenvalue weighted by molar-refractivity contribution is 5.85. The Morgan fingerprint density at radius 2 is 2.30 bits per heavy atom. The van der Waals surface area contributed by atoms with Gasteiger partial charge in [-0.2, -0.15) is 0 Å². The van der Waals surface area contributed by atoms with Crippen molar-refractivity contribution in [1.29, 1.82) is 0 Å². The lowest BCUT2D eigenvalue weighted by atomic mass is 10.0. The summed E-state index contributed by atoms with van der Waals surface area (Å²) in [5.41, 5.74) is 0. The molecule has 0 aliphatic carbocycles. The van der Waals surface area contributed by atoms with Crippen LogP contribution in [0, 0.1) is 5.92 Å². The smallest absolute Gasteiger partial charge is 0.0778 e. The summed E-state index contributed by atoms with van der Waals surface area (Å²) in [5.74, 6) is 0.652. The first-order chi connectivity index (χ1) is 4.47. The molecule has 2 aliphatic heterocycles. The predicted octanol–water partition coefficient (Wildman–Crippen LogP) is 0.583. The average Bonchev–Trinajstić information content (AvgIpc) is 2.33. The summed E-state index contributed by atoms with van der Waals surface area (Å²) in [6, 6.07) is 0. The fourth-order valence-electron chi connectivity index (χ4n) is 1.46. The van der Waals surface area contributed by atoms with Gasteiger partial charge in [-0.1, -0.05) is 12.2 Å². The number of ether oxygens (including phenoxy) is 1. The number of rotatable bonds is 0. The first-order valence-electron chi connectivity index (χ1n) is 3.46. The monoisotopic (exact) mass is 161 g/mol. The van der Waals surface area contributed by atoms with Crippen LogP contribution in [0.1, 0.15) is 0 Å². The van der Waals surface area contributed by atoms with Gasteiger partial charge in [-0.15, -0.1) is 12.4 Å². The third-order valence-electron chi connectivity index (χ3n) is 1.99. The van der Waals surface area contributed by atoms with Gasteiger partial charge in [0, 0.05) is 19.0 Å². The zero-order chi connectivity index (χ0) is 6.10. The molecule has 0 aromatic carbocycles. The number of hydrogen-bond donors (Lipinski definition) is 1. The third kappa shape index (κ3) is 1.34. The van der Waals surface area contributed by atoms with E-state index in [1.165, 1.54) is 0 Å². The van der Waals surface area contributed by atoms with Crippen molar-refractivity contribution < 1.29 is 4.74 Å². The number of halogens is 1. The minimum absolute atomic E-state index is 0. The molecule has 1 saturated heterocycles. The Morgan fingerprint density at radius 3 is 3.10 bits per heavy atom. The molecule has 0 amide bonds. The van der Waals surface area contributed by atoms with Crippen molar-refractivity contribution in [2.24, 2.45) is 5.92 Å². The van der Waals surface area contributed by atoms with E-state index in [1.54, 1.807) is 0 Å². The van der Waals surface area contributed by atoms with E-state index in [4.69, 9.17) is 4.74 Å². The highest BCUT2D eigenvalue weighted by atomic mass is 35.5. The Balaban J connectivity index is 0.000000500. The maximum Gasteiger partial charge on any atom is 0.0778 e. The lowest BCUT2D eigenvalue weighted by molar-refractivity contribution is 0.0598. The SMILES string of the molecule is C1=C[C@@H]2CNC[C@@H]2OC1.Cl. The third-order valence-corrected chi connectivity index (χ3v) is 1.99. The summed E-state index contributed by atoms with van der Waals surface area (Å²) in [6.07, 6.45) is 4.83. The van der Waals surface area contributed by atoms with Crippen molar-refractivity contribution in [3.05, 3.63) is 12.2 Å². The molecule has 2 nitrogen and oxygen atoms in total. The highest BCUT2D eigenvalue weighted by Crippen LogP contribution is 2.17. The van der Waals surface area contributed by atoms with Gasteiger partial charge < -0.3 is 10.1 Å². The molecule has 0 aromatic heterocycles. The molecule has 0 aromatic rings. The summed E-state index contributed by atoms with van der Waals surface area (Å²) in [4.78, 5) is 0.